The highest BCUT2D eigenvalue weighted by Gasteiger charge is 2.08. The third kappa shape index (κ3) is 2.17. The van der Waals surface area contributed by atoms with Crippen molar-refractivity contribution in [2.75, 3.05) is 6.61 Å². The molecule has 0 aliphatic rings. The molecule has 0 bridgehead atoms. The first-order valence-corrected chi connectivity index (χ1v) is 4.10. The number of halogens is 1. The summed E-state index contributed by atoms with van der Waals surface area (Å²) in [6, 6.07) is 3.37. The van der Waals surface area contributed by atoms with E-state index in [0.29, 0.717) is 11.6 Å². The van der Waals surface area contributed by atoms with Gasteiger partial charge >= 0.3 is 0 Å². The van der Waals surface area contributed by atoms with Gasteiger partial charge in [-0.3, -0.25) is 0 Å². The number of rotatable bonds is 3. The second kappa shape index (κ2) is 4.40. The lowest BCUT2D eigenvalue weighted by molar-refractivity contribution is 0.276. The van der Waals surface area contributed by atoms with Gasteiger partial charge in [0.15, 0.2) is 0 Å². The van der Waals surface area contributed by atoms with Crippen molar-refractivity contribution >= 4 is 11.6 Å². The van der Waals surface area contributed by atoms with Crippen molar-refractivity contribution in [2.24, 2.45) is 5.73 Å². The Morgan fingerprint density at radius 3 is 3.00 bits per heavy atom. The minimum atomic E-state index is -0.226. The molecule has 0 fully saturated rings. The van der Waals surface area contributed by atoms with Crippen LogP contribution in [0.2, 0.25) is 5.15 Å². The molecule has 0 radical (unpaired) electrons. The molecule has 0 aromatic carbocycles. The van der Waals surface area contributed by atoms with Gasteiger partial charge in [0.05, 0.1) is 0 Å². The van der Waals surface area contributed by atoms with Crippen LogP contribution in [-0.2, 0) is 0 Å². The quantitative estimate of drug-likeness (QED) is 0.696. The van der Waals surface area contributed by atoms with E-state index in [9.17, 15) is 0 Å². The van der Waals surface area contributed by atoms with Crippen LogP contribution < -0.4 is 5.73 Å². The standard InChI is InChI=1S/C8H11ClN2O/c9-8-6(2-1-4-11-8)7(10)3-5-12/h1-2,4,7,12H,3,5,10H2/t7-/m0/s1. The third-order valence-electron chi connectivity index (χ3n) is 1.63. The van der Waals surface area contributed by atoms with Crippen molar-refractivity contribution in [3.05, 3.63) is 29.0 Å². The fraction of sp³-hybridized carbons (Fsp3) is 0.375. The summed E-state index contributed by atoms with van der Waals surface area (Å²) in [4.78, 5) is 3.89. The molecule has 1 heterocycles. The van der Waals surface area contributed by atoms with E-state index in [0.717, 1.165) is 5.56 Å². The van der Waals surface area contributed by atoms with E-state index < -0.39 is 0 Å². The molecule has 1 rings (SSSR count). The SMILES string of the molecule is N[C@@H](CCO)c1cccnc1Cl. The average molecular weight is 187 g/mol. The largest absolute Gasteiger partial charge is 0.396 e. The Morgan fingerprint density at radius 2 is 2.42 bits per heavy atom. The maximum absolute atomic E-state index is 8.65. The molecule has 0 amide bonds. The van der Waals surface area contributed by atoms with Crippen LogP contribution >= 0.6 is 11.6 Å². The molecule has 0 saturated carbocycles. The Hall–Kier alpha value is -0.640. The highest BCUT2D eigenvalue weighted by atomic mass is 35.5. The molecule has 0 saturated heterocycles. The van der Waals surface area contributed by atoms with Crippen LogP contribution in [0.3, 0.4) is 0 Å². The predicted molar refractivity (Wildman–Crippen MR) is 47.9 cm³/mol. The maximum atomic E-state index is 8.65. The zero-order chi connectivity index (χ0) is 8.97. The fourth-order valence-corrected chi connectivity index (χ4v) is 1.23. The zero-order valence-electron chi connectivity index (χ0n) is 6.57. The lowest BCUT2D eigenvalue weighted by Gasteiger charge is -2.10. The van der Waals surface area contributed by atoms with Gasteiger partial charge in [-0.2, -0.15) is 0 Å². The van der Waals surface area contributed by atoms with Gasteiger partial charge in [0.2, 0.25) is 0 Å². The van der Waals surface area contributed by atoms with Crippen molar-refractivity contribution in [1.29, 1.82) is 0 Å². The van der Waals surface area contributed by atoms with Crippen LogP contribution in [0.1, 0.15) is 18.0 Å². The molecule has 0 aliphatic heterocycles. The monoisotopic (exact) mass is 186 g/mol. The van der Waals surface area contributed by atoms with E-state index in [-0.39, 0.29) is 12.6 Å². The number of nitrogens with zero attached hydrogens (tertiary/aromatic N) is 1. The van der Waals surface area contributed by atoms with Crippen molar-refractivity contribution in [2.45, 2.75) is 12.5 Å². The number of hydrogen-bond donors (Lipinski definition) is 2. The Kier molecular flexibility index (Phi) is 3.47. The maximum Gasteiger partial charge on any atom is 0.133 e. The molecule has 1 aromatic heterocycles. The van der Waals surface area contributed by atoms with Crippen LogP contribution in [0, 0.1) is 0 Å². The molecule has 0 unspecified atom stereocenters. The number of hydrogen-bond acceptors (Lipinski definition) is 3. The van der Waals surface area contributed by atoms with Gasteiger partial charge in [-0.05, 0) is 12.5 Å². The fourth-order valence-electron chi connectivity index (χ4n) is 0.970. The van der Waals surface area contributed by atoms with Crippen molar-refractivity contribution in [3.63, 3.8) is 0 Å². The highest BCUT2D eigenvalue weighted by molar-refractivity contribution is 6.30. The van der Waals surface area contributed by atoms with E-state index >= 15 is 0 Å². The van der Waals surface area contributed by atoms with Crippen molar-refractivity contribution in [3.8, 4) is 0 Å². The molecule has 3 nitrogen and oxygen atoms in total. The van der Waals surface area contributed by atoms with Crippen molar-refractivity contribution < 1.29 is 5.11 Å². The molecular formula is C8H11ClN2O. The molecular weight excluding hydrogens is 176 g/mol. The summed E-state index contributed by atoms with van der Waals surface area (Å²) >= 11 is 5.78. The third-order valence-corrected chi connectivity index (χ3v) is 1.94. The number of nitrogens with two attached hydrogens (primary N) is 1. The van der Waals surface area contributed by atoms with Crippen LogP contribution in [0.25, 0.3) is 0 Å². The highest BCUT2D eigenvalue weighted by Crippen LogP contribution is 2.20. The topological polar surface area (TPSA) is 59.1 Å². The lowest BCUT2D eigenvalue weighted by Crippen LogP contribution is -2.12. The van der Waals surface area contributed by atoms with Crippen molar-refractivity contribution in [1.82, 2.24) is 4.98 Å². The molecule has 0 aliphatic carbocycles. The van der Waals surface area contributed by atoms with Gasteiger partial charge in [0.25, 0.3) is 0 Å². The van der Waals surface area contributed by atoms with E-state index in [4.69, 9.17) is 22.4 Å². The minimum absolute atomic E-state index is 0.0619. The van der Waals surface area contributed by atoms with Crippen LogP contribution in [-0.4, -0.2) is 16.7 Å². The van der Waals surface area contributed by atoms with E-state index in [1.807, 2.05) is 6.07 Å². The van der Waals surface area contributed by atoms with Crippen LogP contribution in [0.5, 0.6) is 0 Å². The first-order valence-electron chi connectivity index (χ1n) is 3.72. The van der Waals surface area contributed by atoms with E-state index in [1.165, 1.54) is 0 Å². The molecule has 3 N–H and O–H groups in total. The van der Waals surface area contributed by atoms with Gasteiger partial charge in [0, 0.05) is 24.4 Å². The molecule has 4 heteroatoms. The molecule has 12 heavy (non-hydrogen) atoms. The summed E-state index contributed by atoms with van der Waals surface area (Å²) in [5, 5.41) is 9.06. The zero-order valence-corrected chi connectivity index (χ0v) is 7.33. The normalized spacial score (nSPS) is 12.9. The summed E-state index contributed by atoms with van der Waals surface area (Å²) in [7, 11) is 0. The molecule has 0 spiro atoms. The number of aliphatic hydroxyl groups excluding tert-OH is 1. The van der Waals surface area contributed by atoms with E-state index in [1.54, 1.807) is 12.3 Å². The van der Waals surface area contributed by atoms with E-state index in [2.05, 4.69) is 4.98 Å². The summed E-state index contributed by atoms with van der Waals surface area (Å²) in [5.74, 6) is 0. The first-order chi connectivity index (χ1) is 5.75. The second-order valence-electron chi connectivity index (χ2n) is 2.50. The van der Waals surface area contributed by atoms with Gasteiger partial charge < -0.3 is 10.8 Å². The molecule has 66 valence electrons. The lowest BCUT2D eigenvalue weighted by atomic mass is 10.1. The average Bonchev–Trinajstić information content (AvgIpc) is 2.05. The van der Waals surface area contributed by atoms with Crippen LogP contribution in [0.4, 0.5) is 0 Å². The summed E-state index contributed by atoms with van der Waals surface area (Å²) in [5.41, 5.74) is 6.51. The number of aliphatic hydroxyl groups is 1. The molecule has 1 aromatic rings. The van der Waals surface area contributed by atoms with Gasteiger partial charge in [0.1, 0.15) is 5.15 Å². The predicted octanol–water partition coefficient (Wildman–Crippen LogP) is 1.12. The van der Waals surface area contributed by atoms with Gasteiger partial charge in [-0.25, -0.2) is 4.98 Å². The number of pyridine rings is 1. The Balaban J connectivity index is 2.79. The Bertz CT molecular complexity index is 255. The summed E-state index contributed by atoms with van der Waals surface area (Å²) < 4.78 is 0. The second-order valence-corrected chi connectivity index (χ2v) is 2.86. The molecule has 1 atom stereocenters. The number of aromatic nitrogens is 1. The van der Waals surface area contributed by atoms with Gasteiger partial charge in [-0.15, -0.1) is 0 Å². The van der Waals surface area contributed by atoms with Gasteiger partial charge in [-0.1, -0.05) is 17.7 Å². The van der Waals surface area contributed by atoms with Crippen LogP contribution in [0.15, 0.2) is 18.3 Å². The Labute approximate surface area is 76.2 Å². The smallest absolute Gasteiger partial charge is 0.133 e. The first kappa shape index (κ1) is 9.45. The Morgan fingerprint density at radius 1 is 1.67 bits per heavy atom. The minimum Gasteiger partial charge on any atom is -0.396 e. The summed E-state index contributed by atoms with van der Waals surface area (Å²) in [6.07, 6.45) is 2.11. The summed E-state index contributed by atoms with van der Waals surface area (Å²) in [6.45, 7) is 0.0619.